The van der Waals surface area contributed by atoms with Gasteiger partial charge in [0.15, 0.2) is 0 Å². The van der Waals surface area contributed by atoms with E-state index in [9.17, 15) is 19.5 Å². The number of anilines is 1. The minimum atomic E-state index is -0.626. The van der Waals surface area contributed by atoms with E-state index in [0.29, 0.717) is 5.69 Å². The molecule has 3 heterocycles. The van der Waals surface area contributed by atoms with Crippen molar-refractivity contribution in [3.63, 3.8) is 0 Å². The van der Waals surface area contributed by atoms with Crippen LogP contribution in [0.4, 0.5) is 5.69 Å². The van der Waals surface area contributed by atoms with Gasteiger partial charge in [-0.15, -0.1) is 11.8 Å². The van der Waals surface area contributed by atoms with E-state index in [2.05, 4.69) is 10.6 Å². The highest BCUT2D eigenvalue weighted by atomic mass is 32.2. The number of nitrogens with zero attached hydrogens (tertiary/aromatic N) is 1. The largest absolute Gasteiger partial charge is 0.395 e. The van der Waals surface area contributed by atoms with E-state index >= 15 is 0 Å². The van der Waals surface area contributed by atoms with Crippen LogP contribution < -0.4 is 10.6 Å². The van der Waals surface area contributed by atoms with Crippen molar-refractivity contribution in [3.8, 4) is 0 Å². The molecule has 7 nitrogen and oxygen atoms in total. The number of amides is 3. The van der Waals surface area contributed by atoms with Gasteiger partial charge in [-0.05, 0) is 37.8 Å². The second kappa shape index (κ2) is 8.71. The van der Waals surface area contributed by atoms with Gasteiger partial charge in [-0.1, -0.05) is 37.5 Å². The van der Waals surface area contributed by atoms with Gasteiger partial charge in [0.25, 0.3) is 0 Å². The summed E-state index contributed by atoms with van der Waals surface area (Å²) in [6.07, 6.45) is 6.94. The van der Waals surface area contributed by atoms with Crippen LogP contribution in [0.3, 0.4) is 0 Å². The molecule has 1 aliphatic carbocycles. The topological polar surface area (TPSA) is 98.7 Å². The summed E-state index contributed by atoms with van der Waals surface area (Å²) in [5, 5.41) is 15.9. The van der Waals surface area contributed by atoms with Gasteiger partial charge >= 0.3 is 0 Å². The van der Waals surface area contributed by atoms with Crippen LogP contribution in [0.5, 0.6) is 0 Å². The Morgan fingerprint density at radius 3 is 2.56 bits per heavy atom. The maximum absolute atomic E-state index is 13.6. The quantitative estimate of drug-likeness (QED) is 0.608. The van der Waals surface area contributed by atoms with Gasteiger partial charge in [0.1, 0.15) is 6.04 Å². The number of β-amino-alcohol motifs (C(OH)–C–C–N with tert-alkyl or cyclic N) is 1. The van der Waals surface area contributed by atoms with E-state index in [4.69, 9.17) is 0 Å². The van der Waals surface area contributed by atoms with Gasteiger partial charge in [0.05, 0.1) is 23.2 Å². The van der Waals surface area contributed by atoms with Crippen molar-refractivity contribution in [2.45, 2.75) is 67.0 Å². The molecular formula is C24H31N3O4S. The van der Waals surface area contributed by atoms with Gasteiger partial charge in [-0.25, -0.2) is 0 Å². The molecule has 2 bridgehead atoms. The molecule has 1 aromatic carbocycles. The van der Waals surface area contributed by atoms with Gasteiger partial charge in [0, 0.05) is 23.5 Å². The van der Waals surface area contributed by atoms with Crippen molar-refractivity contribution in [2.75, 3.05) is 18.5 Å². The van der Waals surface area contributed by atoms with Crippen LogP contribution in [0.2, 0.25) is 0 Å². The average molecular weight is 458 g/mol. The molecule has 3 N–H and O–H groups in total. The summed E-state index contributed by atoms with van der Waals surface area (Å²) in [4.78, 5) is 42.0. The third-order valence-electron chi connectivity index (χ3n) is 7.69. The number of benzene rings is 1. The lowest BCUT2D eigenvalue weighted by Crippen LogP contribution is -2.55. The predicted octanol–water partition coefficient (Wildman–Crippen LogP) is 2.16. The summed E-state index contributed by atoms with van der Waals surface area (Å²) < 4.78 is -0.589. The van der Waals surface area contributed by atoms with Crippen molar-refractivity contribution in [2.24, 2.45) is 11.8 Å². The number of carbonyl (C=O) groups excluding carboxylic acids is 3. The number of nitrogens with one attached hydrogen (secondary N) is 2. The van der Waals surface area contributed by atoms with Crippen molar-refractivity contribution >= 4 is 35.2 Å². The number of aliphatic hydroxyl groups is 1. The maximum Gasteiger partial charge on any atom is 0.244 e. The molecule has 172 valence electrons. The van der Waals surface area contributed by atoms with Gasteiger partial charge in [-0.3, -0.25) is 14.4 Å². The fourth-order valence-electron chi connectivity index (χ4n) is 6.38. The molecule has 4 fully saturated rings. The minimum absolute atomic E-state index is 0.0360. The zero-order valence-electron chi connectivity index (χ0n) is 18.2. The maximum atomic E-state index is 13.6. The third kappa shape index (κ3) is 3.52. The molecule has 5 rings (SSSR count). The van der Waals surface area contributed by atoms with Crippen LogP contribution in [0.1, 0.15) is 44.9 Å². The summed E-state index contributed by atoms with van der Waals surface area (Å²) in [6.45, 7) is -0.0746. The molecule has 0 aromatic heterocycles. The Morgan fingerprint density at radius 1 is 1.09 bits per heavy atom. The fourth-order valence-corrected chi connectivity index (χ4v) is 8.60. The third-order valence-corrected chi connectivity index (χ3v) is 9.64. The number of carbonyl (C=O) groups is 3. The standard InChI is InChI=1S/C24H31N3O4S/c28-14-13-27-20(22(30)26-16-9-5-2-6-10-16)24-12-11-17(32-24)18(19(24)23(27)31)21(29)25-15-7-3-1-4-8-15/h1,3-4,7-8,16-20,28H,2,5-6,9-14H2,(H,25,29)(H,26,30)/t17-,18+,19+,20?,24?/m1/s1. The number of rotatable bonds is 6. The molecular weight excluding hydrogens is 426 g/mol. The van der Waals surface area contributed by atoms with E-state index in [1.165, 1.54) is 6.42 Å². The molecule has 4 aliphatic rings. The number of hydrogen-bond acceptors (Lipinski definition) is 5. The predicted molar refractivity (Wildman–Crippen MR) is 123 cm³/mol. The Bertz CT molecular complexity index is 890. The molecule has 3 amide bonds. The monoisotopic (exact) mass is 457 g/mol. The Hall–Kier alpha value is -2.06. The number of fused-ring (bicyclic) bond motifs is 1. The fraction of sp³-hybridized carbons (Fsp3) is 0.625. The number of hydrogen-bond donors (Lipinski definition) is 3. The SMILES string of the molecule is O=C(NC1CCCCC1)C1N(CCO)C(=O)[C@@H]2[C@@H](C(=O)Nc3ccccc3)[C@H]3CCC12S3. The lowest BCUT2D eigenvalue weighted by atomic mass is 9.70. The number of likely N-dealkylation sites (tertiary alicyclic amines) is 1. The van der Waals surface area contributed by atoms with Gasteiger partial charge in [-0.2, -0.15) is 0 Å². The Labute approximate surface area is 192 Å². The second-order valence-electron chi connectivity index (χ2n) is 9.51. The summed E-state index contributed by atoms with van der Waals surface area (Å²) in [5.74, 6) is -1.41. The molecule has 0 radical (unpaired) electrons. The zero-order chi connectivity index (χ0) is 22.3. The molecule has 2 unspecified atom stereocenters. The van der Waals surface area contributed by atoms with Crippen molar-refractivity contribution in [3.05, 3.63) is 30.3 Å². The van der Waals surface area contributed by atoms with Gasteiger partial charge < -0.3 is 20.6 Å². The molecule has 8 heteroatoms. The second-order valence-corrected chi connectivity index (χ2v) is 11.1. The highest BCUT2D eigenvalue weighted by Crippen LogP contribution is 2.66. The number of para-hydroxylation sites is 1. The lowest BCUT2D eigenvalue weighted by Gasteiger charge is -2.35. The van der Waals surface area contributed by atoms with E-state index in [1.54, 1.807) is 16.7 Å². The highest BCUT2D eigenvalue weighted by molar-refractivity contribution is 8.02. The number of aliphatic hydroxyl groups excluding tert-OH is 1. The smallest absolute Gasteiger partial charge is 0.244 e. The van der Waals surface area contributed by atoms with Crippen molar-refractivity contribution < 1.29 is 19.5 Å². The van der Waals surface area contributed by atoms with E-state index in [-0.39, 0.29) is 42.2 Å². The summed E-state index contributed by atoms with van der Waals surface area (Å²) in [6, 6.07) is 8.81. The zero-order valence-corrected chi connectivity index (χ0v) is 19.0. The first kappa shape index (κ1) is 21.8. The van der Waals surface area contributed by atoms with Crippen LogP contribution >= 0.6 is 11.8 Å². The molecule has 32 heavy (non-hydrogen) atoms. The van der Waals surface area contributed by atoms with Crippen LogP contribution in [0, 0.1) is 11.8 Å². The van der Waals surface area contributed by atoms with E-state index < -0.39 is 22.6 Å². The normalized spacial score (nSPS) is 33.9. The first-order chi connectivity index (χ1) is 15.5. The molecule has 5 atom stereocenters. The summed E-state index contributed by atoms with van der Waals surface area (Å²) in [7, 11) is 0. The summed E-state index contributed by atoms with van der Waals surface area (Å²) in [5.41, 5.74) is 0.712. The first-order valence-corrected chi connectivity index (χ1v) is 12.7. The van der Waals surface area contributed by atoms with Crippen LogP contribution in [0.25, 0.3) is 0 Å². The van der Waals surface area contributed by atoms with Gasteiger partial charge in [0.2, 0.25) is 17.7 Å². The molecule has 3 saturated heterocycles. The van der Waals surface area contributed by atoms with Crippen molar-refractivity contribution in [1.29, 1.82) is 0 Å². The Balaban J connectivity index is 1.41. The van der Waals surface area contributed by atoms with Crippen LogP contribution in [0.15, 0.2) is 30.3 Å². The summed E-state index contributed by atoms with van der Waals surface area (Å²) >= 11 is 1.66. The average Bonchev–Trinajstić information content (AvgIpc) is 3.43. The van der Waals surface area contributed by atoms with Crippen molar-refractivity contribution in [1.82, 2.24) is 10.2 Å². The van der Waals surface area contributed by atoms with Crippen LogP contribution in [-0.4, -0.2) is 63.0 Å². The molecule has 3 aliphatic heterocycles. The Kier molecular flexibility index (Phi) is 5.92. The molecule has 1 saturated carbocycles. The minimum Gasteiger partial charge on any atom is -0.395 e. The highest BCUT2D eigenvalue weighted by Gasteiger charge is 2.73. The van der Waals surface area contributed by atoms with E-state index in [1.807, 2.05) is 30.3 Å². The molecule has 1 spiro atoms. The molecule has 1 aromatic rings. The van der Waals surface area contributed by atoms with E-state index in [0.717, 1.165) is 38.5 Å². The number of thioether (sulfide) groups is 1. The first-order valence-electron chi connectivity index (χ1n) is 11.8. The van der Waals surface area contributed by atoms with Crippen LogP contribution in [-0.2, 0) is 14.4 Å². The Morgan fingerprint density at radius 2 is 1.84 bits per heavy atom. The lowest BCUT2D eigenvalue weighted by molar-refractivity contribution is -0.139.